The van der Waals surface area contributed by atoms with Gasteiger partial charge in [0.15, 0.2) is 0 Å². The van der Waals surface area contributed by atoms with Gasteiger partial charge in [-0.15, -0.1) is 0 Å². The van der Waals surface area contributed by atoms with Gasteiger partial charge in [0.2, 0.25) is 0 Å². The monoisotopic (exact) mass is 238 g/mol. The number of unbranched alkanes of at least 4 members (excludes halogenated alkanes) is 1. The van der Waals surface area contributed by atoms with Crippen molar-refractivity contribution < 1.29 is 5.11 Å². The molecule has 0 saturated heterocycles. The predicted molar refractivity (Wildman–Crippen MR) is 68.5 cm³/mol. The normalized spacial score (nSPS) is 11.1. The van der Waals surface area contributed by atoms with Gasteiger partial charge in [-0.3, -0.25) is 4.90 Å². The Kier molecular flexibility index (Phi) is 5.86. The summed E-state index contributed by atoms with van der Waals surface area (Å²) in [6.07, 6.45) is 2.25. The van der Waals surface area contributed by atoms with Crippen LogP contribution in [0.25, 0.3) is 0 Å². The van der Waals surface area contributed by atoms with E-state index in [9.17, 15) is 0 Å². The second-order valence-corrected chi connectivity index (χ2v) is 4.20. The summed E-state index contributed by atoms with van der Waals surface area (Å²) >= 11 is 0. The summed E-state index contributed by atoms with van der Waals surface area (Å²) in [6, 6.07) is 1.76. The number of nitrogens with zero attached hydrogens (tertiary/aromatic N) is 3. The Hall–Kier alpha value is -1.20. The zero-order valence-corrected chi connectivity index (χ0v) is 10.7. The van der Waals surface area contributed by atoms with Crippen molar-refractivity contribution in [3.63, 3.8) is 0 Å². The van der Waals surface area contributed by atoms with Crippen LogP contribution in [0.4, 0.5) is 5.82 Å². The SMILES string of the molecule is CCCCN(CCO)Cc1nc(C)cc(N)n1. The molecule has 17 heavy (non-hydrogen) atoms. The molecule has 0 unspecified atom stereocenters. The molecule has 0 spiro atoms. The summed E-state index contributed by atoms with van der Waals surface area (Å²) in [4.78, 5) is 10.7. The average Bonchev–Trinajstić information content (AvgIpc) is 2.24. The van der Waals surface area contributed by atoms with Gasteiger partial charge in [0.05, 0.1) is 13.2 Å². The predicted octanol–water partition coefficient (Wildman–Crippen LogP) is 0.962. The van der Waals surface area contributed by atoms with Crippen LogP contribution < -0.4 is 5.73 Å². The molecule has 0 aliphatic heterocycles. The molecule has 1 aromatic rings. The second kappa shape index (κ2) is 7.19. The minimum Gasteiger partial charge on any atom is -0.395 e. The third-order valence-corrected chi connectivity index (χ3v) is 2.53. The Labute approximate surface area is 103 Å². The van der Waals surface area contributed by atoms with Gasteiger partial charge in [0.25, 0.3) is 0 Å². The van der Waals surface area contributed by atoms with E-state index >= 15 is 0 Å². The van der Waals surface area contributed by atoms with Crippen LogP contribution in [-0.2, 0) is 6.54 Å². The van der Waals surface area contributed by atoms with Crippen molar-refractivity contribution in [1.29, 1.82) is 0 Å². The standard InChI is InChI=1S/C12H22N4O/c1-3-4-5-16(6-7-17)9-12-14-10(2)8-11(13)15-12/h8,17H,3-7,9H2,1-2H3,(H2,13,14,15). The van der Waals surface area contributed by atoms with Crippen LogP contribution in [0.1, 0.15) is 31.3 Å². The summed E-state index contributed by atoms with van der Waals surface area (Å²) < 4.78 is 0. The molecule has 0 atom stereocenters. The Morgan fingerprint density at radius 1 is 1.35 bits per heavy atom. The molecule has 0 aromatic carbocycles. The molecule has 0 amide bonds. The number of hydrogen-bond donors (Lipinski definition) is 2. The van der Waals surface area contributed by atoms with Crippen LogP contribution in [0, 0.1) is 6.92 Å². The highest BCUT2D eigenvalue weighted by atomic mass is 16.3. The Balaban J connectivity index is 2.63. The van der Waals surface area contributed by atoms with Crippen LogP contribution in [0.5, 0.6) is 0 Å². The fraction of sp³-hybridized carbons (Fsp3) is 0.667. The smallest absolute Gasteiger partial charge is 0.144 e. The molecule has 5 nitrogen and oxygen atoms in total. The third-order valence-electron chi connectivity index (χ3n) is 2.53. The van der Waals surface area contributed by atoms with Crippen molar-refractivity contribution in [2.45, 2.75) is 33.2 Å². The van der Waals surface area contributed by atoms with Crippen molar-refractivity contribution in [3.05, 3.63) is 17.6 Å². The minimum absolute atomic E-state index is 0.158. The van der Waals surface area contributed by atoms with E-state index in [1.807, 2.05) is 6.92 Å². The number of aliphatic hydroxyl groups excluding tert-OH is 1. The van der Waals surface area contributed by atoms with E-state index in [2.05, 4.69) is 21.8 Å². The first-order chi connectivity index (χ1) is 8.15. The summed E-state index contributed by atoms with van der Waals surface area (Å²) in [6.45, 7) is 6.46. The summed E-state index contributed by atoms with van der Waals surface area (Å²) in [5.74, 6) is 1.24. The quantitative estimate of drug-likeness (QED) is 0.740. The van der Waals surface area contributed by atoms with Crippen molar-refractivity contribution in [3.8, 4) is 0 Å². The number of aromatic nitrogens is 2. The molecule has 0 bridgehead atoms. The molecule has 0 aliphatic rings. The molecule has 0 fully saturated rings. The van der Waals surface area contributed by atoms with Crippen molar-refractivity contribution in [1.82, 2.24) is 14.9 Å². The maximum Gasteiger partial charge on any atom is 0.144 e. The topological polar surface area (TPSA) is 75.3 Å². The third kappa shape index (κ3) is 5.10. The first-order valence-corrected chi connectivity index (χ1v) is 6.09. The number of anilines is 1. The zero-order chi connectivity index (χ0) is 12.7. The highest BCUT2D eigenvalue weighted by Crippen LogP contribution is 2.05. The van der Waals surface area contributed by atoms with E-state index in [1.165, 1.54) is 0 Å². The average molecular weight is 238 g/mol. The molecule has 5 heteroatoms. The first-order valence-electron chi connectivity index (χ1n) is 6.09. The summed E-state index contributed by atoms with van der Waals surface area (Å²) in [7, 11) is 0. The van der Waals surface area contributed by atoms with Gasteiger partial charge < -0.3 is 10.8 Å². The fourth-order valence-electron chi connectivity index (χ4n) is 1.72. The highest BCUT2D eigenvalue weighted by Gasteiger charge is 2.08. The Morgan fingerprint density at radius 2 is 2.12 bits per heavy atom. The molecule has 0 radical (unpaired) electrons. The molecule has 1 rings (SSSR count). The fourth-order valence-corrected chi connectivity index (χ4v) is 1.72. The Morgan fingerprint density at radius 3 is 2.71 bits per heavy atom. The van der Waals surface area contributed by atoms with Gasteiger partial charge in [0.1, 0.15) is 11.6 Å². The molecule has 0 aliphatic carbocycles. The molecule has 3 N–H and O–H groups in total. The number of rotatable bonds is 7. The number of nitrogens with two attached hydrogens (primary N) is 1. The van der Waals surface area contributed by atoms with Gasteiger partial charge in [0, 0.05) is 18.3 Å². The largest absolute Gasteiger partial charge is 0.395 e. The first kappa shape index (κ1) is 13.9. The lowest BCUT2D eigenvalue weighted by Gasteiger charge is -2.20. The van der Waals surface area contributed by atoms with E-state index in [4.69, 9.17) is 10.8 Å². The number of hydrogen-bond acceptors (Lipinski definition) is 5. The zero-order valence-electron chi connectivity index (χ0n) is 10.7. The molecule has 1 aromatic heterocycles. The highest BCUT2D eigenvalue weighted by molar-refractivity contribution is 5.29. The minimum atomic E-state index is 0.158. The van der Waals surface area contributed by atoms with E-state index in [0.717, 1.165) is 30.9 Å². The number of aliphatic hydroxyl groups is 1. The lowest BCUT2D eigenvalue weighted by molar-refractivity contribution is 0.185. The van der Waals surface area contributed by atoms with Gasteiger partial charge in [-0.05, 0) is 19.9 Å². The van der Waals surface area contributed by atoms with Gasteiger partial charge in [-0.2, -0.15) is 0 Å². The molecule has 96 valence electrons. The maximum absolute atomic E-state index is 9.02. The lowest BCUT2D eigenvalue weighted by Crippen LogP contribution is -2.28. The van der Waals surface area contributed by atoms with Gasteiger partial charge in [-0.25, -0.2) is 9.97 Å². The van der Waals surface area contributed by atoms with Gasteiger partial charge in [-0.1, -0.05) is 13.3 Å². The lowest BCUT2D eigenvalue weighted by atomic mass is 10.3. The van der Waals surface area contributed by atoms with Crippen LogP contribution in [0.15, 0.2) is 6.07 Å². The van der Waals surface area contributed by atoms with Crippen molar-refractivity contribution in [2.24, 2.45) is 0 Å². The van der Waals surface area contributed by atoms with Crippen LogP contribution >= 0.6 is 0 Å². The van der Waals surface area contributed by atoms with Crippen molar-refractivity contribution >= 4 is 5.82 Å². The van der Waals surface area contributed by atoms with E-state index in [-0.39, 0.29) is 6.61 Å². The second-order valence-electron chi connectivity index (χ2n) is 4.20. The molecule has 1 heterocycles. The summed E-state index contributed by atoms with van der Waals surface area (Å²) in [5, 5.41) is 9.02. The molecular formula is C12H22N4O. The maximum atomic E-state index is 9.02. The van der Waals surface area contributed by atoms with E-state index < -0.39 is 0 Å². The van der Waals surface area contributed by atoms with E-state index in [0.29, 0.717) is 18.9 Å². The van der Waals surface area contributed by atoms with E-state index in [1.54, 1.807) is 6.07 Å². The number of nitrogen functional groups attached to an aromatic ring is 1. The molecular weight excluding hydrogens is 216 g/mol. The van der Waals surface area contributed by atoms with Crippen LogP contribution in [0.2, 0.25) is 0 Å². The Bertz CT molecular complexity index is 323. The van der Waals surface area contributed by atoms with Crippen LogP contribution in [0.3, 0.4) is 0 Å². The summed E-state index contributed by atoms with van der Waals surface area (Å²) in [5.41, 5.74) is 6.57. The molecule has 0 saturated carbocycles. The van der Waals surface area contributed by atoms with Crippen molar-refractivity contribution in [2.75, 3.05) is 25.4 Å². The van der Waals surface area contributed by atoms with Gasteiger partial charge >= 0.3 is 0 Å². The van der Waals surface area contributed by atoms with Crippen LogP contribution in [-0.4, -0.2) is 39.7 Å². The number of aryl methyl sites for hydroxylation is 1.